The molecular formula is C12H11BrINO4. The average Bonchev–Trinajstić information content (AvgIpc) is 2.83. The fourth-order valence-corrected chi connectivity index (χ4v) is 2.65. The van der Waals surface area contributed by atoms with Crippen LogP contribution in [-0.2, 0) is 14.3 Å². The Morgan fingerprint density at radius 2 is 2.05 bits per heavy atom. The maximum Gasteiger partial charge on any atom is 0.332 e. The Hall–Kier alpha value is -0.670. The van der Waals surface area contributed by atoms with Gasteiger partial charge in [-0.15, -0.1) is 0 Å². The van der Waals surface area contributed by atoms with Crippen LogP contribution in [0.2, 0.25) is 0 Å². The Balaban J connectivity index is 2.02. The zero-order valence-electron chi connectivity index (χ0n) is 9.73. The molecule has 2 atom stereocenters. The van der Waals surface area contributed by atoms with Gasteiger partial charge >= 0.3 is 5.97 Å². The van der Waals surface area contributed by atoms with Crippen LogP contribution >= 0.6 is 38.5 Å². The summed E-state index contributed by atoms with van der Waals surface area (Å²) < 4.78 is 6.97. The first kappa shape index (κ1) is 14.7. The summed E-state index contributed by atoms with van der Waals surface area (Å²) in [5.41, 5.74) is 0.683. The molecule has 1 heterocycles. The van der Waals surface area contributed by atoms with E-state index in [1.54, 1.807) is 6.07 Å². The van der Waals surface area contributed by atoms with Gasteiger partial charge in [0.25, 0.3) is 5.91 Å². The van der Waals surface area contributed by atoms with Gasteiger partial charge in [0, 0.05) is 8.04 Å². The molecule has 2 N–H and O–H groups in total. The number of aliphatic carboxylic acids is 1. The number of hydrogen-bond donors (Lipinski definition) is 2. The first-order chi connectivity index (χ1) is 8.97. The number of ether oxygens (including phenoxy) is 1. The van der Waals surface area contributed by atoms with Gasteiger partial charge < -0.3 is 15.2 Å². The van der Waals surface area contributed by atoms with Crippen molar-refractivity contribution in [3.8, 4) is 0 Å². The molecule has 19 heavy (non-hydrogen) atoms. The Bertz CT molecular complexity index is 522. The highest BCUT2D eigenvalue weighted by Gasteiger charge is 2.34. The molecular weight excluding hydrogens is 429 g/mol. The van der Waals surface area contributed by atoms with Crippen LogP contribution in [0.15, 0.2) is 22.7 Å². The molecule has 7 heteroatoms. The summed E-state index contributed by atoms with van der Waals surface area (Å²) >= 11 is 5.45. The summed E-state index contributed by atoms with van der Waals surface area (Å²) in [4.78, 5) is 22.8. The number of hydrogen-bond acceptors (Lipinski definition) is 3. The molecule has 1 fully saturated rings. The number of halogens is 2. The molecule has 0 aromatic heterocycles. The fourth-order valence-electron chi connectivity index (χ4n) is 1.82. The highest BCUT2D eigenvalue weighted by molar-refractivity contribution is 14.1. The number of carboxylic acids is 1. The second kappa shape index (κ2) is 6.19. The molecule has 0 radical (unpaired) electrons. The van der Waals surface area contributed by atoms with E-state index in [-0.39, 0.29) is 5.91 Å². The van der Waals surface area contributed by atoms with Crippen molar-refractivity contribution in [3.05, 3.63) is 26.2 Å². The van der Waals surface area contributed by atoms with E-state index in [0.717, 1.165) is 8.04 Å². The van der Waals surface area contributed by atoms with E-state index < -0.39 is 18.2 Å². The van der Waals surface area contributed by atoms with Gasteiger partial charge in [0.05, 0.1) is 5.69 Å². The van der Waals surface area contributed by atoms with Crippen LogP contribution in [0.1, 0.15) is 12.8 Å². The summed E-state index contributed by atoms with van der Waals surface area (Å²) in [6.07, 6.45) is -0.788. The second-order valence-electron chi connectivity index (χ2n) is 4.14. The van der Waals surface area contributed by atoms with E-state index >= 15 is 0 Å². The smallest absolute Gasteiger partial charge is 0.332 e. The summed E-state index contributed by atoms with van der Waals surface area (Å²) in [7, 11) is 0. The van der Waals surface area contributed by atoms with Crippen molar-refractivity contribution >= 4 is 56.1 Å². The Kier molecular flexibility index (Phi) is 4.80. The van der Waals surface area contributed by atoms with Gasteiger partial charge in [0.2, 0.25) is 0 Å². The number of carbonyl (C=O) groups is 2. The molecule has 1 aromatic carbocycles. The van der Waals surface area contributed by atoms with Crippen molar-refractivity contribution in [1.29, 1.82) is 0 Å². The number of benzene rings is 1. The Labute approximate surface area is 132 Å². The third kappa shape index (κ3) is 3.67. The molecule has 1 saturated heterocycles. The summed E-state index contributed by atoms with van der Waals surface area (Å²) in [6, 6.07) is 5.54. The maximum atomic E-state index is 12.0. The molecule has 1 aliphatic heterocycles. The van der Waals surface area contributed by atoms with Crippen molar-refractivity contribution in [2.24, 2.45) is 0 Å². The van der Waals surface area contributed by atoms with E-state index in [2.05, 4.69) is 43.8 Å². The van der Waals surface area contributed by atoms with Crippen LogP contribution in [0.5, 0.6) is 0 Å². The van der Waals surface area contributed by atoms with Gasteiger partial charge in [-0.3, -0.25) is 4.79 Å². The molecule has 5 nitrogen and oxygen atoms in total. The number of amides is 1. The van der Waals surface area contributed by atoms with Crippen LogP contribution in [0.4, 0.5) is 5.69 Å². The van der Waals surface area contributed by atoms with Crippen LogP contribution < -0.4 is 5.32 Å². The van der Waals surface area contributed by atoms with Crippen molar-refractivity contribution in [2.75, 3.05) is 5.32 Å². The predicted molar refractivity (Wildman–Crippen MR) is 81.0 cm³/mol. The number of anilines is 1. The summed E-state index contributed by atoms with van der Waals surface area (Å²) in [5.74, 6) is -1.33. The van der Waals surface area contributed by atoms with Crippen molar-refractivity contribution in [1.82, 2.24) is 0 Å². The first-order valence-corrected chi connectivity index (χ1v) is 7.48. The lowest BCUT2D eigenvalue weighted by Crippen LogP contribution is -2.30. The molecule has 1 amide bonds. The van der Waals surface area contributed by atoms with E-state index in [0.29, 0.717) is 18.5 Å². The lowest BCUT2D eigenvalue weighted by molar-refractivity contribution is -0.150. The monoisotopic (exact) mass is 439 g/mol. The largest absolute Gasteiger partial charge is 0.479 e. The molecule has 0 spiro atoms. The number of rotatable bonds is 3. The quantitative estimate of drug-likeness (QED) is 0.710. The van der Waals surface area contributed by atoms with Gasteiger partial charge in [0.1, 0.15) is 6.10 Å². The number of nitrogens with one attached hydrogen (secondary N) is 1. The zero-order valence-corrected chi connectivity index (χ0v) is 13.5. The molecule has 0 bridgehead atoms. The molecule has 0 unspecified atom stereocenters. The topological polar surface area (TPSA) is 75.6 Å². The molecule has 102 valence electrons. The van der Waals surface area contributed by atoms with Crippen LogP contribution in [0, 0.1) is 3.57 Å². The molecule has 1 aromatic rings. The average molecular weight is 440 g/mol. The standard InChI is InChI=1S/C12H11BrINO4/c13-6-1-2-7(14)8(5-6)15-11(16)9-3-4-10(19-9)12(17)18/h1-2,5,9-10H,3-4H2,(H,15,16)(H,17,18)/t9-,10+/m0/s1. The third-order valence-electron chi connectivity index (χ3n) is 2.77. The normalized spacial score (nSPS) is 22.2. The number of carboxylic acid groups (broad SMARTS) is 1. The zero-order chi connectivity index (χ0) is 14.0. The van der Waals surface area contributed by atoms with E-state index in [4.69, 9.17) is 9.84 Å². The van der Waals surface area contributed by atoms with Crippen molar-refractivity contribution in [3.63, 3.8) is 0 Å². The van der Waals surface area contributed by atoms with Crippen molar-refractivity contribution in [2.45, 2.75) is 25.0 Å². The van der Waals surface area contributed by atoms with Crippen LogP contribution in [0.3, 0.4) is 0 Å². The minimum absolute atomic E-state index is 0.306. The SMILES string of the molecule is O=C(Nc1cc(Br)ccc1I)[C@@H]1CC[C@H](C(=O)O)O1. The highest BCUT2D eigenvalue weighted by atomic mass is 127. The lowest BCUT2D eigenvalue weighted by Gasteiger charge is -2.13. The van der Waals surface area contributed by atoms with Gasteiger partial charge in [-0.1, -0.05) is 15.9 Å². The Morgan fingerprint density at radius 1 is 1.37 bits per heavy atom. The fraction of sp³-hybridized carbons (Fsp3) is 0.333. The Morgan fingerprint density at radius 3 is 2.68 bits per heavy atom. The summed E-state index contributed by atoms with van der Waals surface area (Å²) in [6.45, 7) is 0. The molecule has 0 aliphatic carbocycles. The number of carbonyl (C=O) groups excluding carboxylic acids is 1. The van der Waals surface area contributed by atoms with E-state index in [9.17, 15) is 9.59 Å². The van der Waals surface area contributed by atoms with Gasteiger partial charge in [0.15, 0.2) is 6.10 Å². The minimum atomic E-state index is -1.02. The minimum Gasteiger partial charge on any atom is -0.479 e. The first-order valence-electron chi connectivity index (χ1n) is 5.61. The predicted octanol–water partition coefficient (Wildman–Crippen LogP) is 2.62. The molecule has 0 saturated carbocycles. The van der Waals surface area contributed by atoms with Gasteiger partial charge in [-0.25, -0.2) is 4.79 Å². The summed E-state index contributed by atoms with van der Waals surface area (Å²) in [5, 5.41) is 11.6. The highest BCUT2D eigenvalue weighted by Crippen LogP contribution is 2.25. The molecule has 2 rings (SSSR count). The van der Waals surface area contributed by atoms with Crippen molar-refractivity contribution < 1.29 is 19.4 Å². The van der Waals surface area contributed by atoms with E-state index in [1.165, 1.54) is 0 Å². The lowest BCUT2D eigenvalue weighted by atomic mass is 10.2. The molecule has 1 aliphatic rings. The maximum absolute atomic E-state index is 12.0. The third-order valence-corrected chi connectivity index (χ3v) is 4.21. The van der Waals surface area contributed by atoms with Gasteiger partial charge in [-0.05, 0) is 53.6 Å². The van der Waals surface area contributed by atoms with Crippen LogP contribution in [0.25, 0.3) is 0 Å². The second-order valence-corrected chi connectivity index (χ2v) is 6.22. The van der Waals surface area contributed by atoms with E-state index in [1.807, 2.05) is 12.1 Å². The van der Waals surface area contributed by atoms with Crippen LogP contribution in [-0.4, -0.2) is 29.2 Å². The van der Waals surface area contributed by atoms with Gasteiger partial charge in [-0.2, -0.15) is 0 Å².